The van der Waals surface area contributed by atoms with Crippen LogP contribution in [0.1, 0.15) is 18.4 Å². The first-order valence-corrected chi connectivity index (χ1v) is 9.42. The molecule has 1 heterocycles. The average Bonchev–Trinajstić information content (AvgIpc) is 3.18. The SMILES string of the molecule is COC(=O)C1CC(OC)CN1C(=O)CCc1cccc(Oc2ccc(F)cc2)c1. The summed E-state index contributed by atoms with van der Waals surface area (Å²) in [6.07, 6.45) is 1.02. The van der Waals surface area contributed by atoms with Gasteiger partial charge in [-0.3, -0.25) is 4.79 Å². The molecule has 6 nitrogen and oxygen atoms in total. The van der Waals surface area contributed by atoms with E-state index >= 15 is 0 Å². The molecule has 0 spiro atoms. The van der Waals surface area contributed by atoms with E-state index in [0.717, 1.165) is 5.56 Å². The predicted molar refractivity (Wildman–Crippen MR) is 104 cm³/mol. The van der Waals surface area contributed by atoms with Gasteiger partial charge in [0.1, 0.15) is 23.4 Å². The number of nitrogens with zero attached hydrogens (tertiary/aromatic N) is 1. The molecule has 2 atom stereocenters. The van der Waals surface area contributed by atoms with Gasteiger partial charge in [-0.2, -0.15) is 0 Å². The zero-order valence-electron chi connectivity index (χ0n) is 16.5. The van der Waals surface area contributed by atoms with Gasteiger partial charge in [0.05, 0.1) is 13.2 Å². The molecule has 0 aliphatic carbocycles. The first-order chi connectivity index (χ1) is 14.0. The molecule has 1 amide bonds. The topological polar surface area (TPSA) is 65.1 Å². The van der Waals surface area contributed by atoms with Crippen LogP contribution in [-0.2, 0) is 25.5 Å². The van der Waals surface area contributed by atoms with E-state index in [9.17, 15) is 14.0 Å². The van der Waals surface area contributed by atoms with Crippen molar-refractivity contribution in [2.45, 2.75) is 31.4 Å². The summed E-state index contributed by atoms with van der Waals surface area (Å²) in [5.74, 6) is 0.266. The van der Waals surface area contributed by atoms with Gasteiger partial charge in [0.15, 0.2) is 0 Å². The van der Waals surface area contributed by atoms with Gasteiger partial charge in [-0.1, -0.05) is 12.1 Å². The first-order valence-electron chi connectivity index (χ1n) is 9.42. The number of likely N-dealkylation sites (tertiary alicyclic amines) is 1. The van der Waals surface area contributed by atoms with Crippen LogP contribution in [-0.4, -0.2) is 49.7 Å². The van der Waals surface area contributed by atoms with E-state index in [1.54, 1.807) is 30.2 Å². The van der Waals surface area contributed by atoms with Gasteiger partial charge in [-0.15, -0.1) is 0 Å². The lowest BCUT2D eigenvalue weighted by Crippen LogP contribution is -2.41. The molecule has 0 saturated carbocycles. The van der Waals surface area contributed by atoms with Crippen LogP contribution in [0.2, 0.25) is 0 Å². The number of ether oxygens (including phenoxy) is 3. The van der Waals surface area contributed by atoms with E-state index < -0.39 is 12.0 Å². The zero-order chi connectivity index (χ0) is 20.8. The molecule has 3 rings (SSSR count). The van der Waals surface area contributed by atoms with Crippen molar-refractivity contribution in [3.8, 4) is 11.5 Å². The Hall–Kier alpha value is -2.93. The zero-order valence-corrected chi connectivity index (χ0v) is 16.5. The molecule has 29 heavy (non-hydrogen) atoms. The van der Waals surface area contributed by atoms with Gasteiger partial charge in [0.2, 0.25) is 5.91 Å². The third-order valence-electron chi connectivity index (χ3n) is 4.96. The van der Waals surface area contributed by atoms with Crippen molar-refractivity contribution in [3.63, 3.8) is 0 Å². The van der Waals surface area contributed by atoms with E-state index in [2.05, 4.69) is 0 Å². The summed E-state index contributed by atoms with van der Waals surface area (Å²) in [4.78, 5) is 26.2. The van der Waals surface area contributed by atoms with Crippen molar-refractivity contribution in [1.29, 1.82) is 0 Å². The molecule has 0 bridgehead atoms. The highest BCUT2D eigenvalue weighted by Crippen LogP contribution is 2.25. The van der Waals surface area contributed by atoms with Gasteiger partial charge in [0, 0.05) is 26.5 Å². The Balaban J connectivity index is 1.61. The van der Waals surface area contributed by atoms with Gasteiger partial charge in [-0.25, -0.2) is 9.18 Å². The van der Waals surface area contributed by atoms with E-state index in [4.69, 9.17) is 14.2 Å². The largest absolute Gasteiger partial charge is 0.467 e. The van der Waals surface area contributed by atoms with Crippen LogP contribution in [0.25, 0.3) is 0 Å². The second-order valence-electron chi connectivity index (χ2n) is 6.88. The standard InChI is InChI=1S/C22H24FNO5/c1-27-19-13-20(22(26)28-2)24(14-19)21(25)11-6-15-4-3-5-18(12-15)29-17-9-7-16(23)8-10-17/h3-5,7-10,12,19-20H,6,11,13-14H2,1-2H3. The fraction of sp³-hybridized carbons (Fsp3) is 0.364. The Morgan fingerprint density at radius 2 is 1.86 bits per heavy atom. The molecular formula is C22H24FNO5. The Labute approximate surface area is 169 Å². The van der Waals surface area contributed by atoms with Gasteiger partial charge < -0.3 is 19.1 Å². The molecule has 0 N–H and O–H groups in total. The third-order valence-corrected chi connectivity index (χ3v) is 4.96. The number of carbonyl (C=O) groups is 2. The Kier molecular flexibility index (Phi) is 6.82. The van der Waals surface area contributed by atoms with Crippen LogP contribution < -0.4 is 4.74 Å². The smallest absolute Gasteiger partial charge is 0.328 e. The van der Waals surface area contributed by atoms with Crippen molar-refractivity contribution >= 4 is 11.9 Å². The number of hydrogen-bond donors (Lipinski definition) is 0. The summed E-state index contributed by atoms with van der Waals surface area (Å²) in [5.41, 5.74) is 0.926. The molecule has 154 valence electrons. The number of benzene rings is 2. The molecule has 7 heteroatoms. The third kappa shape index (κ3) is 5.32. The molecular weight excluding hydrogens is 377 g/mol. The number of carbonyl (C=O) groups excluding carboxylic acids is 2. The van der Waals surface area contributed by atoms with Crippen LogP contribution in [0.5, 0.6) is 11.5 Å². The van der Waals surface area contributed by atoms with Crippen molar-refractivity contribution in [3.05, 3.63) is 59.9 Å². The lowest BCUT2D eigenvalue weighted by atomic mass is 10.1. The lowest BCUT2D eigenvalue weighted by Gasteiger charge is -2.22. The maximum absolute atomic E-state index is 13.0. The highest BCUT2D eigenvalue weighted by atomic mass is 19.1. The monoisotopic (exact) mass is 401 g/mol. The Morgan fingerprint density at radius 3 is 2.55 bits per heavy atom. The first kappa shape index (κ1) is 20.8. The number of hydrogen-bond acceptors (Lipinski definition) is 5. The molecule has 0 radical (unpaired) electrons. The Bertz CT molecular complexity index is 855. The summed E-state index contributed by atoms with van der Waals surface area (Å²) in [5, 5.41) is 0. The molecule has 1 saturated heterocycles. The second-order valence-corrected chi connectivity index (χ2v) is 6.88. The molecule has 1 aliphatic rings. The number of methoxy groups -OCH3 is 2. The van der Waals surface area contributed by atoms with Crippen molar-refractivity contribution < 1.29 is 28.2 Å². The number of rotatable bonds is 7. The summed E-state index contributed by atoms with van der Waals surface area (Å²) < 4.78 is 28.9. The summed E-state index contributed by atoms with van der Waals surface area (Å²) in [6, 6.07) is 12.6. The molecule has 2 unspecified atom stereocenters. The summed E-state index contributed by atoms with van der Waals surface area (Å²) in [7, 11) is 2.89. The number of halogens is 1. The molecule has 2 aromatic carbocycles. The normalized spacial score (nSPS) is 18.5. The van der Waals surface area contributed by atoms with Gasteiger partial charge in [-0.05, 0) is 48.4 Å². The minimum absolute atomic E-state index is 0.121. The number of aryl methyl sites for hydroxylation is 1. The van der Waals surface area contributed by atoms with E-state index in [1.807, 2.05) is 18.2 Å². The maximum Gasteiger partial charge on any atom is 0.328 e. The maximum atomic E-state index is 13.0. The second kappa shape index (κ2) is 9.52. The van der Waals surface area contributed by atoms with E-state index in [0.29, 0.717) is 30.9 Å². The number of esters is 1. The van der Waals surface area contributed by atoms with E-state index in [-0.39, 0.29) is 24.2 Å². The van der Waals surface area contributed by atoms with Crippen LogP contribution in [0.15, 0.2) is 48.5 Å². The fourth-order valence-electron chi connectivity index (χ4n) is 3.40. The highest BCUT2D eigenvalue weighted by molar-refractivity contribution is 5.85. The average molecular weight is 401 g/mol. The molecule has 0 aromatic heterocycles. The molecule has 1 aliphatic heterocycles. The van der Waals surface area contributed by atoms with Crippen LogP contribution >= 0.6 is 0 Å². The van der Waals surface area contributed by atoms with Crippen molar-refractivity contribution in [1.82, 2.24) is 4.90 Å². The minimum atomic E-state index is -0.606. The van der Waals surface area contributed by atoms with Gasteiger partial charge >= 0.3 is 5.97 Å². The van der Waals surface area contributed by atoms with Crippen molar-refractivity contribution in [2.24, 2.45) is 0 Å². The lowest BCUT2D eigenvalue weighted by molar-refractivity contribution is -0.150. The molecule has 2 aromatic rings. The highest BCUT2D eigenvalue weighted by Gasteiger charge is 2.40. The Morgan fingerprint density at radius 1 is 1.10 bits per heavy atom. The van der Waals surface area contributed by atoms with Gasteiger partial charge in [0.25, 0.3) is 0 Å². The van der Waals surface area contributed by atoms with E-state index in [1.165, 1.54) is 19.2 Å². The molecule has 1 fully saturated rings. The van der Waals surface area contributed by atoms with Crippen LogP contribution in [0, 0.1) is 5.82 Å². The van der Waals surface area contributed by atoms with Crippen LogP contribution in [0.4, 0.5) is 4.39 Å². The van der Waals surface area contributed by atoms with Crippen LogP contribution in [0.3, 0.4) is 0 Å². The summed E-state index contributed by atoms with van der Waals surface area (Å²) in [6.45, 7) is 0.378. The number of amides is 1. The van der Waals surface area contributed by atoms with Crippen molar-refractivity contribution in [2.75, 3.05) is 20.8 Å². The fourth-order valence-corrected chi connectivity index (χ4v) is 3.40. The predicted octanol–water partition coefficient (Wildman–Crippen LogP) is 3.34. The minimum Gasteiger partial charge on any atom is -0.467 e. The quantitative estimate of drug-likeness (QED) is 0.666. The summed E-state index contributed by atoms with van der Waals surface area (Å²) >= 11 is 0.